The molecule has 0 aliphatic carbocycles. The molecule has 1 aromatic heterocycles. The van der Waals surface area contributed by atoms with Gasteiger partial charge in [-0.15, -0.1) is 0 Å². The number of para-hydroxylation sites is 1. The highest BCUT2D eigenvalue weighted by Gasteiger charge is 2.13. The van der Waals surface area contributed by atoms with E-state index >= 15 is 0 Å². The van der Waals surface area contributed by atoms with Gasteiger partial charge in [0.25, 0.3) is 11.1 Å². The van der Waals surface area contributed by atoms with Gasteiger partial charge in [-0.2, -0.15) is 0 Å². The first-order valence-corrected chi connectivity index (χ1v) is 9.74. The molecule has 0 aliphatic heterocycles. The number of thioether (sulfide) groups is 1. The normalized spacial score (nSPS) is 10.4. The number of ether oxygens (including phenoxy) is 1. The molecule has 0 spiro atoms. The van der Waals surface area contributed by atoms with Gasteiger partial charge in [0.15, 0.2) is 0 Å². The first-order valence-electron chi connectivity index (χ1n) is 8.92. The fourth-order valence-corrected chi connectivity index (χ4v) is 3.17. The molecular formula is C21H22N4O3S. The first-order chi connectivity index (χ1) is 13.9. The Morgan fingerprint density at radius 2 is 1.86 bits per heavy atom. The van der Waals surface area contributed by atoms with Crippen LogP contribution in [0.25, 0.3) is 0 Å². The number of hydrogen-bond acceptors (Lipinski definition) is 5. The van der Waals surface area contributed by atoms with E-state index in [-0.39, 0.29) is 11.1 Å². The van der Waals surface area contributed by atoms with Crippen LogP contribution in [0.2, 0.25) is 0 Å². The molecule has 0 fully saturated rings. The van der Waals surface area contributed by atoms with Crippen LogP contribution >= 0.6 is 11.8 Å². The van der Waals surface area contributed by atoms with Crippen molar-refractivity contribution < 1.29 is 14.3 Å². The van der Waals surface area contributed by atoms with Crippen LogP contribution in [0.3, 0.4) is 0 Å². The molecule has 3 aromatic rings. The zero-order valence-corrected chi connectivity index (χ0v) is 17.3. The van der Waals surface area contributed by atoms with Gasteiger partial charge in [0.2, 0.25) is 0 Å². The number of anilines is 1. The smallest absolute Gasteiger partial charge is 0.286 e. The van der Waals surface area contributed by atoms with Crippen LogP contribution in [0.5, 0.6) is 5.75 Å². The predicted octanol–water partition coefficient (Wildman–Crippen LogP) is 4.03. The average molecular weight is 410 g/mol. The largest absolute Gasteiger partial charge is 0.486 e. The Balaban J connectivity index is 1.64. The number of benzene rings is 2. The third kappa shape index (κ3) is 5.39. The number of amides is 2. The molecule has 0 aliphatic rings. The second-order valence-electron chi connectivity index (χ2n) is 6.48. The summed E-state index contributed by atoms with van der Waals surface area (Å²) in [4.78, 5) is 31.0. The number of imidazole rings is 1. The number of nitrogens with zero attached hydrogens (tertiary/aromatic N) is 3. The molecule has 1 heterocycles. The third-order valence-electron chi connectivity index (χ3n) is 4.10. The van der Waals surface area contributed by atoms with E-state index in [1.54, 1.807) is 56.7 Å². The maximum absolute atomic E-state index is 12.6. The molecule has 0 atom stereocenters. The fourth-order valence-electron chi connectivity index (χ4n) is 2.42. The minimum absolute atomic E-state index is 0.110. The number of carbonyl (C=O) groups is 2. The minimum atomic E-state index is -0.258. The summed E-state index contributed by atoms with van der Waals surface area (Å²) < 4.78 is 7.60. The maximum atomic E-state index is 12.6. The molecule has 7 nitrogen and oxygen atoms in total. The van der Waals surface area contributed by atoms with Gasteiger partial charge in [-0.05, 0) is 48.2 Å². The summed E-state index contributed by atoms with van der Waals surface area (Å²) in [5.41, 5.74) is 1.08. The number of hydrogen-bond donors (Lipinski definition) is 1. The molecule has 0 bridgehead atoms. The highest BCUT2D eigenvalue weighted by Crippen LogP contribution is 2.29. The van der Waals surface area contributed by atoms with Gasteiger partial charge < -0.3 is 19.5 Å². The summed E-state index contributed by atoms with van der Waals surface area (Å²) in [5.74, 6) is 1.20. The van der Waals surface area contributed by atoms with Crippen LogP contribution in [0.15, 0.2) is 65.8 Å². The molecule has 150 valence electrons. The van der Waals surface area contributed by atoms with Crippen LogP contribution in [0.4, 0.5) is 10.5 Å². The van der Waals surface area contributed by atoms with Crippen molar-refractivity contribution in [3.05, 3.63) is 72.3 Å². The lowest BCUT2D eigenvalue weighted by molar-refractivity contribution is 0.102. The average Bonchev–Trinajstić information content (AvgIpc) is 3.13. The zero-order chi connectivity index (χ0) is 20.8. The lowest BCUT2D eigenvalue weighted by Crippen LogP contribution is -2.17. The second kappa shape index (κ2) is 9.29. The molecule has 2 aromatic carbocycles. The van der Waals surface area contributed by atoms with Gasteiger partial charge in [-0.3, -0.25) is 9.59 Å². The predicted molar refractivity (Wildman–Crippen MR) is 113 cm³/mol. The number of carbonyl (C=O) groups excluding carboxylic acids is 2. The third-order valence-corrected chi connectivity index (χ3v) is 5.22. The van der Waals surface area contributed by atoms with Crippen molar-refractivity contribution in [3.8, 4) is 5.75 Å². The number of aromatic nitrogens is 2. The monoisotopic (exact) mass is 410 g/mol. The lowest BCUT2D eigenvalue weighted by Gasteiger charge is -2.13. The summed E-state index contributed by atoms with van der Waals surface area (Å²) in [6, 6.07) is 14.1. The summed E-state index contributed by atoms with van der Waals surface area (Å²) in [6.07, 6.45) is 3.57. The summed E-state index contributed by atoms with van der Waals surface area (Å²) in [5, 5.41) is 2.76. The van der Waals surface area contributed by atoms with Crippen LogP contribution in [0.1, 0.15) is 16.2 Å². The van der Waals surface area contributed by atoms with Crippen molar-refractivity contribution in [3.63, 3.8) is 0 Å². The van der Waals surface area contributed by atoms with Crippen LogP contribution < -0.4 is 10.1 Å². The SMILES string of the molecule is CN(C)C(=O)Sc1ccccc1NC(=O)c1ccc(OCc2nccn2C)cc1. The molecule has 2 amide bonds. The summed E-state index contributed by atoms with van der Waals surface area (Å²) >= 11 is 1.07. The minimum Gasteiger partial charge on any atom is -0.486 e. The van der Waals surface area contributed by atoms with E-state index in [4.69, 9.17) is 4.74 Å². The Kier molecular flexibility index (Phi) is 6.56. The molecule has 29 heavy (non-hydrogen) atoms. The maximum Gasteiger partial charge on any atom is 0.286 e. The van der Waals surface area contributed by atoms with E-state index in [2.05, 4.69) is 10.3 Å². The number of nitrogens with one attached hydrogen (secondary N) is 1. The Labute approximate surface area is 173 Å². The van der Waals surface area contributed by atoms with Crippen molar-refractivity contribution in [2.24, 2.45) is 7.05 Å². The van der Waals surface area contributed by atoms with Crippen molar-refractivity contribution in [2.45, 2.75) is 11.5 Å². The van der Waals surface area contributed by atoms with Gasteiger partial charge in [-0.25, -0.2) is 4.98 Å². The number of aryl methyl sites for hydroxylation is 1. The molecule has 0 radical (unpaired) electrons. The van der Waals surface area contributed by atoms with Gasteiger partial charge in [0.1, 0.15) is 18.2 Å². The van der Waals surface area contributed by atoms with E-state index in [1.165, 1.54) is 4.90 Å². The summed E-state index contributed by atoms with van der Waals surface area (Å²) in [6.45, 7) is 0.347. The van der Waals surface area contributed by atoms with Crippen LogP contribution in [0, 0.1) is 0 Å². The quantitative estimate of drug-likeness (QED) is 0.621. The van der Waals surface area contributed by atoms with Crippen LogP contribution in [-0.2, 0) is 13.7 Å². The summed E-state index contributed by atoms with van der Waals surface area (Å²) in [7, 11) is 5.28. The molecule has 3 rings (SSSR count). The Bertz CT molecular complexity index is 999. The zero-order valence-electron chi connectivity index (χ0n) is 16.5. The van der Waals surface area contributed by atoms with E-state index in [1.807, 2.05) is 29.9 Å². The van der Waals surface area contributed by atoms with E-state index < -0.39 is 0 Å². The molecule has 0 unspecified atom stereocenters. The van der Waals surface area contributed by atoms with Gasteiger partial charge in [-0.1, -0.05) is 12.1 Å². The molecule has 0 saturated carbocycles. The standard InChI is InChI=1S/C21H22N4O3S/c1-24(2)21(27)29-18-7-5-4-6-17(18)23-20(26)15-8-10-16(11-9-15)28-14-19-22-12-13-25(19)3/h4-13H,14H2,1-3H3,(H,23,26). The lowest BCUT2D eigenvalue weighted by atomic mass is 10.2. The highest BCUT2D eigenvalue weighted by atomic mass is 32.2. The fraction of sp³-hybridized carbons (Fsp3) is 0.190. The second-order valence-corrected chi connectivity index (χ2v) is 7.47. The van der Waals surface area contributed by atoms with Gasteiger partial charge >= 0.3 is 0 Å². The van der Waals surface area contributed by atoms with E-state index in [0.29, 0.717) is 28.5 Å². The van der Waals surface area contributed by atoms with E-state index in [9.17, 15) is 9.59 Å². The molecule has 8 heteroatoms. The van der Waals surface area contributed by atoms with Crippen molar-refractivity contribution in [1.82, 2.24) is 14.5 Å². The van der Waals surface area contributed by atoms with Crippen molar-refractivity contribution >= 4 is 28.6 Å². The number of rotatable bonds is 6. The van der Waals surface area contributed by atoms with Gasteiger partial charge in [0, 0.05) is 44.0 Å². The molecular weight excluding hydrogens is 388 g/mol. The Hall–Kier alpha value is -3.26. The highest BCUT2D eigenvalue weighted by molar-refractivity contribution is 8.13. The first kappa shape index (κ1) is 20.5. The van der Waals surface area contributed by atoms with Crippen molar-refractivity contribution in [2.75, 3.05) is 19.4 Å². The Morgan fingerprint density at radius 1 is 1.14 bits per heavy atom. The topological polar surface area (TPSA) is 76.5 Å². The molecule has 0 saturated heterocycles. The van der Waals surface area contributed by atoms with Gasteiger partial charge in [0.05, 0.1) is 5.69 Å². The Morgan fingerprint density at radius 3 is 2.52 bits per heavy atom. The molecule has 1 N–H and O–H groups in total. The van der Waals surface area contributed by atoms with Crippen molar-refractivity contribution in [1.29, 1.82) is 0 Å². The van der Waals surface area contributed by atoms with Crippen LogP contribution in [-0.4, -0.2) is 39.7 Å². The van der Waals surface area contributed by atoms with E-state index in [0.717, 1.165) is 17.6 Å².